The van der Waals surface area contributed by atoms with Crippen molar-refractivity contribution < 1.29 is 0 Å². The third kappa shape index (κ3) is 2.59. The van der Waals surface area contributed by atoms with E-state index in [1.807, 2.05) is 30.3 Å². The van der Waals surface area contributed by atoms with Gasteiger partial charge in [0, 0.05) is 17.7 Å². The summed E-state index contributed by atoms with van der Waals surface area (Å²) in [5, 5.41) is 8.43. The van der Waals surface area contributed by atoms with Crippen molar-refractivity contribution in [1.29, 1.82) is 0 Å². The second kappa shape index (κ2) is 5.21. The van der Waals surface area contributed by atoms with E-state index in [-0.39, 0.29) is 11.5 Å². The smallest absolute Gasteiger partial charge is 0.254 e. The molecule has 0 bridgehead atoms. The van der Waals surface area contributed by atoms with Gasteiger partial charge in [-0.3, -0.25) is 4.79 Å². The van der Waals surface area contributed by atoms with Crippen LogP contribution in [-0.4, -0.2) is 16.0 Å². The van der Waals surface area contributed by atoms with Crippen LogP contribution < -0.4 is 5.56 Å². The lowest BCUT2D eigenvalue weighted by molar-refractivity contribution is 0.976. The van der Waals surface area contributed by atoms with Crippen LogP contribution in [0, 0.1) is 6.92 Å². The first-order chi connectivity index (χ1) is 8.70. The molecule has 90 valence electrons. The molecule has 0 spiro atoms. The molecule has 0 aliphatic rings. The number of nitrogens with one attached hydrogen (secondary N) is 1. The summed E-state index contributed by atoms with van der Waals surface area (Å²) in [7, 11) is 0. The Kier molecular flexibility index (Phi) is 3.46. The van der Waals surface area contributed by atoms with Crippen molar-refractivity contribution in [3.8, 4) is 0 Å². The van der Waals surface area contributed by atoms with Crippen molar-refractivity contribution in [1.82, 2.24) is 9.97 Å². The Morgan fingerprint density at radius 1 is 1.39 bits per heavy atom. The molecule has 1 N–H and O–H groups in total. The largest absolute Gasteiger partial charge is 0.422 e. The summed E-state index contributed by atoms with van der Waals surface area (Å²) in [4.78, 5) is 21.8. The molecule has 2 rings (SSSR count). The van der Waals surface area contributed by atoms with E-state index in [4.69, 9.17) is 5.41 Å². The van der Waals surface area contributed by atoms with Crippen LogP contribution in [0.5, 0.6) is 0 Å². The summed E-state index contributed by atoms with van der Waals surface area (Å²) < 4.78 is 0. The molecule has 0 saturated carbocycles. The zero-order valence-corrected chi connectivity index (χ0v) is 9.84. The van der Waals surface area contributed by atoms with Gasteiger partial charge in [0.25, 0.3) is 5.56 Å². The molecule has 18 heavy (non-hydrogen) atoms. The number of benzene rings is 1. The van der Waals surface area contributed by atoms with E-state index in [9.17, 15) is 4.79 Å². The Morgan fingerprint density at radius 2 is 2.11 bits per heavy atom. The van der Waals surface area contributed by atoms with Crippen LogP contribution >= 0.6 is 0 Å². The fourth-order valence-corrected chi connectivity index (χ4v) is 1.70. The van der Waals surface area contributed by atoms with Gasteiger partial charge in [0.15, 0.2) is 0 Å². The van der Waals surface area contributed by atoms with Gasteiger partial charge in [0.2, 0.25) is 0 Å². The van der Waals surface area contributed by atoms with Gasteiger partial charge in [-0.05, 0) is 12.5 Å². The molecule has 0 unspecified atom stereocenters. The summed E-state index contributed by atoms with van der Waals surface area (Å²) in [5.41, 5.74) is 1.98. The van der Waals surface area contributed by atoms with Crippen molar-refractivity contribution in [3.63, 3.8) is 0 Å². The summed E-state index contributed by atoms with van der Waals surface area (Å²) in [6, 6.07) is 11.3. The summed E-state index contributed by atoms with van der Waals surface area (Å²) in [6.07, 6.45) is 0.516. The summed E-state index contributed by atoms with van der Waals surface area (Å²) in [6.45, 7) is 1.74. The number of aliphatic imine (C=N–C) groups is 1. The number of aromatic amines is 1. The van der Waals surface area contributed by atoms with E-state index < -0.39 is 0 Å². The minimum Gasteiger partial charge on any atom is -0.422 e. The number of nitrogens with zero attached hydrogens (tertiary/aromatic N) is 3. The van der Waals surface area contributed by atoms with Gasteiger partial charge in [-0.25, -0.2) is 4.98 Å². The third-order valence-corrected chi connectivity index (χ3v) is 2.59. The molecule has 0 amide bonds. The topological polar surface area (TPSA) is 80.4 Å². The maximum atomic E-state index is 11.9. The first-order valence-corrected chi connectivity index (χ1v) is 5.44. The van der Waals surface area contributed by atoms with E-state index in [0.717, 1.165) is 5.56 Å². The molecule has 1 heterocycles. The van der Waals surface area contributed by atoms with Crippen LogP contribution in [0.25, 0.3) is 5.41 Å². The maximum Gasteiger partial charge on any atom is 0.254 e. The van der Waals surface area contributed by atoms with Crippen molar-refractivity contribution >= 4 is 12.0 Å². The van der Waals surface area contributed by atoms with Gasteiger partial charge >= 0.3 is 0 Å². The molecular formula is C13H11N4O-. The van der Waals surface area contributed by atoms with Crippen LogP contribution in [-0.2, 0) is 6.42 Å². The molecule has 0 aliphatic heterocycles. The van der Waals surface area contributed by atoms with E-state index >= 15 is 0 Å². The number of hydrogen-bond acceptors (Lipinski definition) is 3. The molecule has 0 radical (unpaired) electrons. The Balaban J connectivity index is 2.41. The Morgan fingerprint density at radius 3 is 2.72 bits per heavy atom. The van der Waals surface area contributed by atoms with Crippen LogP contribution in [0.4, 0.5) is 5.95 Å². The number of hydrogen-bond donors (Lipinski definition) is 1. The molecule has 0 saturated heterocycles. The molecule has 2 aromatic rings. The van der Waals surface area contributed by atoms with Crippen LogP contribution in [0.1, 0.15) is 16.8 Å². The predicted octanol–water partition coefficient (Wildman–Crippen LogP) is 2.04. The first-order valence-electron chi connectivity index (χ1n) is 5.44. The molecule has 0 fully saturated rings. The highest BCUT2D eigenvalue weighted by Gasteiger charge is 2.06. The molecule has 1 aromatic heterocycles. The highest BCUT2D eigenvalue weighted by molar-refractivity contribution is 5.50. The van der Waals surface area contributed by atoms with Crippen molar-refractivity contribution in [2.75, 3.05) is 0 Å². The predicted molar refractivity (Wildman–Crippen MR) is 69.3 cm³/mol. The zero-order valence-electron chi connectivity index (χ0n) is 9.84. The van der Waals surface area contributed by atoms with Crippen molar-refractivity contribution in [2.45, 2.75) is 13.3 Å². The second-order valence-corrected chi connectivity index (χ2v) is 3.83. The van der Waals surface area contributed by atoms with Gasteiger partial charge in [0.1, 0.15) is 5.95 Å². The minimum atomic E-state index is -0.250. The fourth-order valence-electron chi connectivity index (χ4n) is 1.70. The van der Waals surface area contributed by atoms with Crippen molar-refractivity contribution in [2.24, 2.45) is 4.99 Å². The van der Waals surface area contributed by atoms with E-state index in [2.05, 4.69) is 15.0 Å². The molecule has 0 aliphatic carbocycles. The number of rotatable bonds is 3. The van der Waals surface area contributed by atoms with E-state index in [0.29, 0.717) is 17.7 Å². The van der Waals surface area contributed by atoms with Crippen molar-refractivity contribution in [3.05, 3.63) is 62.9 Å². The van der Waals surface area contributed by atoms with Gasteiger partial charge in [0.05, 0.1) is 0 Å². The Bertz CT molecular complexity index is 654. The SMILES string of the molecule is Cc1nc(N=C=[N-])[nH]c(=O)c1Cc1ccccc1. The quantitative estimate of drug-likeness (QED) is 0.831. The molecule has 1 aromatic carbocycles. The average Bonchev–Trinajstić information content (AvgIpc) is 2.36. The lowest BCUT2D eigenvalue weighted by atomic mass is 10.1. The Hall–Kier alpha value is -2.52. The molecule has 0 atom stereocenters. The van der Waals surface area contributed by atoms with Gasteiger partial charge in [-0.15, -0.1) is 6.01 Å². The van der Waals surface area contributed by atoms with Gasteiger partial charge in [-0.2, -0.15) is 0 Å². The number of aromatic nitrogens is 2. The van der Waals surface area contributed by atoms with Gasteiger partial charge < -0.3 is 15.4 Å². The maximum absolute atomic E-state index is 11.9. The summed E-state index contributed by atoms with van der Waals surface area (Å²) >= 11 is 0. The fraction of sp³-hybridized carbons (Fsp3) is 0.154. The number of H-pyrrole nitrogens is 1. The van der Waals surface area contributed by atoms with Crippen LogP contribution in [0.2, 0.25) is 0 Å². The van der Waals surface area contributed by atoms with E-state index in [1.54, 1.807) is 12.9 Å². The Labute approximate surface area is 104 Å². The first kappa shape index (κ1) is 12.0. The average molecular weight is 239 g/mol. The highest BCUT2D eigenvalue weighted by atomic mass is 16.1. The van der Waals surface area contributed by atoms with E-state index in [1.165, 1.54) is 0 Å². The minimum absolute atomic E-state index is 0.0526. The molecule has 5 heteroatoms. The second-order valence-electron chi connectivity index (χ2n) is 3.83. The highest BCUT2D eigenvalue weighted by Crippen LogP contribution is 2.10. The van der Waals surface area contributed by atoms with Crippen LogP contribution in [0.15, 0.2) is 40.1 Å². The summed E-state index contributed by atoms with van der Waals surface area (Å²) in [5.74, 6) is 0.0526. The zero-order chi connectivity index (χ0) is 13.0. The lowest BCUT2D eigenvalue weighted by Gasteiger charge is -2.06. The number of aryl methyl sites for hydroxylation is 1. The molecule has 5 nitrogen and oxygen atoms in total. The monoisotopic (exact) mass is 239 g/mol. The molecular weight excluding hydrogens is 228 g/mol. The van der Waals surface area contributed by atoms with Crippen LogP contribution in [0.3, 0.4) is 0 Å². The lowest BCUT2D eigenvalue weighted by Crippen LogP contribution is -2.16. The normalized spacial score (nSPS) is 9.83. The third-order valence-electron chi connectivity index (χ3n) is 2.59. The standard InChI is InChI=1S/C13H11N4O/c1-9-11(7-10-5-3-2-4-6-10)12(18)17-13(16-9)15-8-14/h2-6H,7H2,1H3,(H,16,17,18)/q-1. The van der Waals surface area contributed by atoms with Gasteiger partial charge in [-0.1, -0.05) is 30.3 Å².